The van der Waals surface area contributed by atoms with Crippen molar-refractivity contribution in [3.63, 3.8) is 0 Å². The second-order valence-corrected chi connectivity index (χ2v) is 6.76. The van der Waals surface area contributed by atoms with Gasteiger partial charge in [-0.05, 0) is 30.9 Å². The molecule has 5 nitrogen and oxygen atoms in total. The standard InChI is InChI=1S/C18H24N2O3/c1-2-13-5-3-4-6-15(13)20-10-14(9-16(20)22)17(23)19-11-18(12-21)7-8-18/h3-6,14,21H,2,7-12H2,1H3,(H,19,23). The van der Waals surface area contributed by atoms with Crippen LogP contribution in [0.5, 0.6) is 0 Å². The molecule has 3 rings (SSSR count). The SMILES string of the molecule is CCc1ccccc1N1CC(C(=O)NCC2(CO)CC2)CC1=O. The molecule has 2 fully saturated rings. The summed E-state index contributed by atoms with van der Waals surface area (Å²) in [7, 11) is 0. The number of carbonyl (C=O) groups excluding carboxylic acids is 2. The van der Waals surface area contributed by atoms with Crippen LogP contribution in [0.25, 0.3) is 0 Å². The van der Waals surface area contributed by atoms with Crippen LogP contribution in [-0.2, 0) is 16.0 Å². The lowest BCUT2D eigenvalue weighted by molar-refractivity contribution is -0.126. The molecule has 1 aliphatic carbocycles. The Morgan fingerprint density at radius 1 is 1.39 bits per heavy atom. The van der Waals surface area contributed by atoms with Gasteiger partial charge >= 0.3 is 0 Å². The molecule has 1 aromatic carbocycles. The van der Waals surface area contributed by atoms with Crippen molar-refractivity contribution in [3.8, 4) is 0 Å². The highest BCUT2D eigenvalue weighted by molar-refractivity contribution is 6.00. The van der Waals surface area contributed by atoms with Crippen LogP contribution in [0.1, 0.15) is 31.7 Å². The van der Waals surface area contributed by atoms with Gasteiger partial charge in [-0.1, -0.05) is 25.1 Å². The minimum Gasteiger partial charge on any atom is -0.396 e. The quantitative estimate of drug-likeness (QED) is 0.835. The molecule has 2 aliphatic rings. The number of anilines is 1. The van der Waals surface area contributed by atoms with E-state index in [1.54, 1.807) is 4.90 Å². The largest absolute Gasteiger partial charge is 0.396 e. The minimum atomic E-state index is -0.304. The average molecular weight is 316 g/mol. The molecular formula is C18H24N2O3. The number of nitrogens with zero attached hydrogens (tertiary/aromatic N) is 1. The van der Waals surface area contributed by atoms with Gasteiger partial charge in [0, 0.05) is 30.6 Å². The highest BCUT2D eigenvalue weighted by Crippen LogP contribution is 2.44. The lowest BCUT2D eigenvalue weighted by atomic mass is 10.1. The lowest BCUT2D eigenvalue weighted by Gasteiger charge is -2.20. The molecule has 1 unspecified atom stereocenters. The number of hydrogen-bond acceptors (Lipinski definition) is 3. The third-order valence-corrected chi connectivity index (χ3v) is 5.09. The number of benzene rings is 1. The van der Waals surface area contributed by atoms with Gasteiger partial charge < -0.3 is 15.3 Å². The maximum absolute atomic E-state index is 12.3. The number of carbonyl (C=O) groups is 2. The second-order valence-electron chi connectivity index (χ2n) is 6.76. The molecule has 0 aromatic heterocycles. The lowest BCUT2D eigenvalue weighted by Crippen LogP contribution is -2.37. The van der Waals surface area contributed by atoms with Crippen molar-refractivity contribution in [1.29, 1.82) is 0 Å². The fraction of sp³-hybridized carbons (Fsp3) is 0.556. The van der Waals surface area contributed by atoms with Crippen molar-refractivity contribution < 1.29 is 14.7 Å². The van der Waals surface area contributed by atoms with Gasteiger partial charge in [-0.25, -0.2) is 0 Å². The Hall–Kier alpha value is -1.88. The van der Waals surface area contributed by atoms with Crippen molar-refractivity contribution in [2.45, 2.75) is 32.6 Å². The molecule has 5 heteroatoms. The Bertz CT molecular complexity index is 610. The summed E-state index contributed by atoms with van der Waals surface area (Å²) in [5, 5.41) is 12.2. The fourth-order valence-electron chi connectivity index (χ4n) is 3.18. The molecule has 1 aromatic rings. The maximum Gasteiger partial charge on any atom is 0.227 e. The van der Waals surface area contributed by atoms with E-state index in [1.165, 1.54) is 0 Å². The zero-order valence-electron chi connectivity index (χ0n) is 13.5. The van der Waals surface area contributed by atoms with Gasteiger partial charge in [-0.15, -0.1) is 0 Å². The molecule has 23 heavy (non-hydrogen) atoms. The monoisotopic (exact) mass is 316 g/mol. The summed E-state index contributed by atoms with van der Waals surface area (Å²) in [6.45, 7) is 3.13. The normalized spacial score (nSPS) is 22.3. The van der Waals surface area contributed by atoms with Gasteiger partial charge in [0.1, 0.15) is 0 Å². The molecule has 0 bridgehead atoms. The van der Waals surface area contributed by atoms with Gasteiger partial charge in [0.2, 0.25) is 11.8 Å². The zero-order valence-corrected chi connectivity index (χ0v) is 13.5. The third kappa shape index (κ3) is 3.24. The first-order chi connectivity index (χ1) is 11.1. The van der Waals surface area contributed by atoms with Gasteiger partial charge in [-0.2, -0.15) is 0 Å². The van der Waals surface area contributed by atoms with Gasteiger partial charge in [0.25, 0.3) is 0 Å². The predicted molar refractivity (Wildman–Crippen MR) is 88.0 cm³/mol. The summed E-state index contributed by atoms with van der Waals surface area (Å²) < 4.78 is 0. The van der Waals surface area contributed by atoms with Crippen LogP contribution >= 0.6 is 0 Å². The number of amides is 2. The minimum absolute atomic E-state index is 0.00865. The van der Waals surface area contributed by atoms with Crippen LogP contribution in [0.2, 0.25) is 0 Å². The van der Waals surface area contributed by atoms with Crippen LogP contribution in [0, 0.1) is 11.3 Å². The highest BCUT2D eigenvalue weighted by Gasteiger charge is 2.43. The van der Waals surface area contributed by atoms with Gasteiger partial charge in [0.05, 0.1) is 12.5 Å². The summed E-state index contributed by atoms with van der Waals surface area (Å²) >= 11 is 0. The van der Waals surface area contributed by atoms with Crippen LogP contribution < -0.4 is 10.2 Å². The number of para-hydroxylation sites is 1. The van der Waals surface area contributed by atoms with Gasteiger partial charge in [0.15, 0.2) is 0 Å². The Morgan fingerprint density at radius 2 is 2.13 bits per heavy atom. The molecule has 124 valence electrons. The molecule has 1 heterocycles. The Labute approximate surface area is 136 Å². The van der Waals surface area contributed by atoms with Crippen molar-refractivity contribution in [1.82, 2.24) is 5.32 Å². The van der Waals surface area contributed by atoms with Gasteiger partial charge in [-0.3, -0.25) is 9.59 Å². The van der Waals surface area contributed by atoms with Crippen LogP contribution in [-0.4, -0.2) is 36.6 Å². The first-order valence-electron chi connectivity index (χ1n) is 8.35. The smallest absolute Gasteiger partial charge is 0.227 e. The summed E-state index contributed by atoms with van der Waals surface area (Å²) in [5.41, 5.74) is 1.94. The van der Waals surface area contributed by atoms with Crippen molar-refractivity contribution in [3.05, 3.63) is 29.8 Å². The predicted octanol–water partition coefficient (Wildman–Crippen LogP) is 1.49. The van der Waals surface area contributed by atoms with Crippen LogP contribution in [0.3, 0.4) is 0 Å². The molecule has 1 aliphatic heterocycles. The number of hydrogen-bond donors (Lipinski definition) is 2. The first-order valence-corrected chi connectivity index (χ1v) is 8.35. The average Bonchev–Trinajstić information content (AvgIpc) is 3.27. The summed E-state index contributed by atoms with van der Waals surface area (Å²) in [6, 6.07) is 7.86. The molecular weight excluding hydrogens is 292 g/mol. The zero-order chi connectivity index (χ0) is 16.4. The van der Waals surface area contributed by atoms with E-state index in [0.717, 1.165) is 30.5 Å². The van der Waals surface area contributed by atoms with E-state index in [0.29, 0.717) is 13.1 Å². The molecule has 1 atom stereocenters. The summed E-state index contributed by atoms with van der Waals surface area (Å²) in [6.07, 6.45) is 3.04. The van der Waals surface area contributed by atoms with E-state index in [2.05, 4.69) is 12.2 Å². The topological polar surface area (TPSA) is 69.6 Å². The molecule has 2 amide bonds. The maximum atomic E-state index is 12.3. The van der Waals surface area contributed by atoms with Crippen LogP contribution in [0.15, 0.2) is 24.3 Å². The Kier molecular flexibility index (Phi) is 4.39. The third-order valence-electron chi connectivity index (χ3n) is 5.09. The highest BCUT2D eigenvalue weighted by atomic mass is 16.3. The van der Waals surface area contributed by atoms with Crippen molar-refractivity contribution in [2.24, 2.45) is 11.3 Å². The first kappa shape index (κ1) is 16.0. The summed E-state index contributed by atoms with van der Waals surface area (Å²) in [4.78, 5) is 26.4. The molecule has 0 radical (unpaired) electrons. The number of aliphatic hydroxyl groups is 1. The molecule has 1 saturated heterocycles. The van der Waals surface area contributed by atoms with Crippen LogP contribution in [0.4, 0.5) is 5.69 Å². The number of aliphatic hydroxyl groups excluding tert-OH is 1. The number of nitrogens with one attached hydrogen (secondary N) is 1. The van der Waals surface area contributed by atoms with E-state index in [9.17, 15) is 14.7 Å². The second kappa shape index (κ2) is 6.32. The van der Waals surface area contributed by atoms with Crippen molar-refractivity contribution in [2.75, 3.05) is 24.6 Å². The fourth-order valence-corrected chi connectivity index (χ4v) is 3.18. The molecule has 1 saturated carbocycles. The summed E-state index contributed by atoms with van der Waals surface area (Å²) in [5.74, 6) is -0.370. The molecule has 0 spiro atoms. The number of aryl methyl sites for hydroxylation is 1. The van der Waals surface area contributed by atoms with Crippen molar-refractivity contribution >= 4 is 17.5 Å². The van der Waals surface area contributed by atoms with E-state index >= 15 is 0 Å². The Balaban J connectivity index is 1.64. The van der Waals surface area contributed by atoms with E-state index < -0.39 is 0 Å². The van der Waals surface area contributed by atoms with E-state index in [4.69, 9.17) is 0 Å². The molecule has 2 N–H and O–H groups in total. The Morgan fingerprint density at radius 3 is 2.78 bits per heavy atom. The van der Waals surface area contributed by atoms with E-state index in [1.807, 2.05) is 24.3 Å². The van der Waals surface area contributed by atoms with E-state index in [-0.39, 0.29) is 36.2 Å². The number of rotatable bonds is 6.